The highest BCUT2D eigenvalue weighted by molar-refractivity contribution is 5.89. The Morgan fingerprint density at radius 3 is 2.09 bits per heavy atom. The van der Waals surface area contributed by atoms with Crippen LogP contribution in [0.25, 0.3) is 0 Å². The van der Waals surface area contributed by atoms with Crippen molar-refractivity contribution in [3.05, 3.63) is 29.6 Å². The summed E-state index contributed by atoms with van der Waals surface area (Å²) in [6, 6.07) is 6.43. The van der Waals surface area contributed by atoms with Crippen LogP contribution in [0.4, 0.5) is 0 Å². The van der Waals surface area contributed by atoms with E-state index < -0.39 is 0 Å². The largest absolute Gasteiger partial charge is 0.459 e. The fourth-order valence-corrected chi connectivity index (χ4v) is 5.10. The Bertz CT molecular complexity index is 714. The van der Waals surface area contributed by atoms with Crippen LogP contribution in [-0.2, 0) is 11.2 Å². The summed E-state index contributed by atoms with van der Waals surface area (Å²) in [5, 5.41) is 9.79. The fourth-order valence-electron chi connectivity index (χ4n) is 5.10. The van der Waals surface area contributed by atoms with Gasteiger partial charge in [0.25, 0.3) is 0 Å². The first-order valence-corrected chi connectivity index (χ1v) is 14.2. The zero-order valence-electron chi connectivity index (χ0n) is 22.0. The number of ether oxygens (including phenoxy) is 1. The van der Waals surface area contributed by atoms with Crippen molar-refractivity contribution in [2.24, 2.45) is 5.41 Å². The molecule has 0 amide bonds. The maximum absolute atomic E-state index is 12.6. The number of aryl methyl sites for hydroxylation is 1. The fraction of sp³-hybridized carbons (Fsp3) is 0.767. The first-order chi connectivity index (χ1) is 16.6. The minimum atomic E-state index is -0.278. The smallest absolute Gasteiger partial charge is 0.339 e. The lowest BCUT2D eigenvalue weighted by Crippen LogP contribution is -2.31. The molecule has 1 aliphatic rings. The minimum absolute atomic E-state index is 0.0777. The van der Waals surface area contributed by atoms with E-state index in [0.717, 1.165) is 57.1 Å². The van der Waals surface area contributed by atoms with E-state index in [0.29, 0.717) is 5.56 Å². The van der Waals surface area contributed by atoms with Gasteiger partial charge in [-0.05, 0) is 57.1 Å². The van der Waals surface area contributed by atoms with Gasteiger partial charge in [0.15, 0.2) is 0 Å². The van der Waals surface area contributed by atoms with Crippen LogP contribution < -0.4 is 0 Å². The van der Waals surface area contributed by atoms with Gasteiger partial charge in [0.1, 0.15) is 6.10 Å². The molecule has 0 N–H and O–H groups in total. The second-order valence-electron chi connectivity index (χ2n) is 10.4. The molecule has 34 heavy (non-hydrogen) atoms. The molecule has 0 radical (unpaired) electrons. The molecular weight excluding hydrogens is 420 g/mol. The predicted octanol–water partition coefficient (Wildman–Crippen LogP) is 8.73. The van der Waals surface area contributed by atoms with Crippen molar-refractivity contribution in [1.82, 2.24) is 4.98 Å². The molecule has 0 aromatic carbocycles. The molecule has 1 fully saturated rings. The molecule has 1 saturated carbocycles. The second kappa shape index (κ2) is 16.7. The number of unbranched alkanes of at least 4 members (excludes halogenated alkanes) is 11. The number of esters is 1. The van der Waals surface area contributed by atoms with Gasteiger partial charge in [-0.25, -0.2) is 4.79 Å². The molecule has 1 aromatic rings. The van der Waals surface area contributed by atoms with Gasteiger partial charge in [0.05, 0.1) is 17.0 Å². The molecule has 1 heterocycles. The zero-order chi connectivity index (χ0) is 24.5. The zero-order valence-corrected chi connectivity index (χ0v) is 22.0. The van der Waals surface area contributed by atoms with Crippen LogP contribution in [0.5, 0.6) is 0 Å². The lowest BCUT2D eigenvalue weighted by molar-refractivity contribution is 0.0104. The maximum atomic E-state index is 12.6. The summed E-state index contributed by atoms with van der Waals surface area (Å²) >= 11 is 0. The van der Waals surface area contributed by atoms with E-state index in [1.54, 1.807) is 6.20 Å². The SMILES string of the molecule is CCCCCCCCCCc1ccc(C(=O)OC2CCC(C#N)(CCCCCCC)CC2)cn1. The number of aromatic nitrogens is 1. The van der Waals surface area contributed by atoms with E-state index >= 15 is 0 Å². The number of rotatable bonds is 17. The lowest BCUT2D eigenvalue weighted by atomic mass is 9.71. The van der Waals surface area contributed by atoms with Gasteiger partial charge in [-0.2, -0.15) is 5.26 Å². The van der Waals surface area contributed by atoms with Gasteiger partial charge in [-0.15, -0.1) is 0 Å². The summed E-state index contributed by atoms with van der Waals surface area (Å²) in [6.45, 7) is 4.48. The number of hydrogen-bond donors (Lipinski definition) is 0. The van der Waals surface area contributed by atoms with Crippen LogP contribution in [0.3, 0.4) is 0 Å². The summed E-state index contributed by atoms with van der Waals surface area (Å²) in [7, 11) is 0. The minimum Gasteiger partial charge on any atom is -0.459 e. The van der Waals surface area contributed by atoms with Gasteiger partial charge >= 0.3 is 5.97 Å². The average Bonchev–Trinajstić information content (AvgIpc) is 2.87. The maximum Gasteiger partial charge on any atom is 0.339 e. The van der Waals surface area contributed by atoms with Crippen molar-refractivity contribution in [3.8, 4) is 6.07 Å². The average molecular weight is 469 g/mol. The van der Waals surface area contributed by atoms with Crippen molar-refractivity contribution in [2.75, 3.05) is 0 Å². The molecule has 0 unspecified atom stereocenters. The number of carbonyl (C=O) groups excluding carboxylic acids is 1. The van der Waals surface area contributed by atoms with E-state index in [-0.39, 0.29) is 17.5 Å². The first kappa shape index (κ1) is 28.3. The van der Waals surface area contributed by atoms with Gasteiger partial charge < -0.3 is 4.74 Å². The third kappa shape index (κ3) is 10.6. The Labute approximate surface area is 208 Å². The van der Waals surface area contributed by atoms with Crippen molar-refractivity contribution in [1.29, 1.82) is 5.26 Å². The highest BCUT2D eigenvalue weighted by Gasteiger charge is 2.36. The Morgan fingerprint density at radius 1 is 0.941 bits per heavy atom. The topological polar surface area (TPSA) is 63.0 Å². The normalized spacial score (nSPS) is 20.1. The van der Waals surface area contributed by atoms with Crippen LogP contribution in [0.15, 0.2) is 18.3 Å². The van der Waals surface area contributed by atoms with E-state index in [2.05, 4.69) is 24.9 Å². The molecular formula is C30H48N2O2. The predicted molar refractivity (Wildman–Crippen MR) is 140 cm³/mol. The summed E-state index contributed by atoms with van der Waals surface area (Å²) in [6.07, 6.45) is 23.4. The van der Waals surface area contributed by atoms with E-state index in [1.807, 2.05) is 12.1 Å². The quantitative estimate of drug-likeness (QED) is 0.169. The van der Waals surface area contributed by atoms with Gasteiger partial charge in [-0.1, -0.05) is 90.9 Å². The molecule has 0 aliphatic heterocycles. The van der Waals surface area contributed by atoms with Crippen molar-refractivity contribution in [2.45, 2.75) is 142 Å². The number of hydrogen-bond acceptors (Lipinski definition) is 4. The Kier molecular flexibility index (Phi) is 13.9. The summed E-state index contributed by atoms with van der Waals surface area (Å²) in [5.74, 6) is -0.278. The summed E-state index contributed by atoms with van der Waals surface area (Å²) in [5.41, 5.74) is 1.37. The molecule has 0 atom stereocenters. The molecule has 2 rings (SSSR count). The monoisotopic (exact) mass is 468 g/mol. The molecule has 1 aromatic heterocycles. The molecule has 0 spiro atoms. The van der Waals surface area contributed by atoms with Gasteiger partial charge in [0.2, 0.25) is 0 Å². The summed E-state index contributed by atoms with van der Waals surface area (Å²) in [4.78, 5) is 17.1. The Hall–Kier alpha value is -1.89. The van der Waals surface area contributed by atoms with Crippen LogP contribution in [0.2, 0.25) is 0 Å². The van der Waals surface area contributed by atoms with E-state index in [9.17, 15) is 10.1 Å². The van der Waals surface area contributed by atoms with Gasteiger partial charge in [-0.3, -0.25) is 4.98 Å². The second-order valence-corrected chi connectivity index (χ2v) is 10.4. The molecule has 190 valence electrons. The number of nitrogens with zero attached hydrogens (tertiary/aromatic N) is 2. The number of pyridine rings is 1. The Morgan fingerprint density at radius 2 is 1.53 bits per heavy atom. The first-order valence-electron chi connectivity index (χ1n) is 14.2. The van der Waals surface area contributed by atoms with Crippen LogP contribution in [0.1, 0.15) is 145 Å². The van der Waals surface area contributed by atoms with Crippen LogP contribution in [0, 0.1) is 16.7 Å². The summed E-state index contributed by atoms with van der Waals surface area (Å²) < 4.78 is 5.78. The molecule has 0 bridgehead atoms. The molecule has 4 heteroatoms. The van der Waals surface area contributed by atoms with Crippen molar-refractivity contribution < 1.29 is 9.53 Å². The number of nitriles is 1. The van der Waals surface area contributed by atoms with Crippen molar-refractivity contribution in [3.63, 3.8) is 0 Å². The highest BCUT2D eigenvalue weighted by Crippen LogP contribution is 2.41. The van der Waals surface area contributed by atoms with Gasteiger partial charge in [0, 0.05) is 11.9 Å². The Balaban J connectivity index is 1.65. The standard InChI is InChI=1S/C30H48N2O2/c1-3-5-7-9-10-11-12-14-16-27-18-17-26(24-32-27)29(33)34-28-19-22-30(25-31,23-20-28)21-15-13-8-6-4-2/h17-18,24,28H,3-16,19-23H2,1-2H3. The molecule has 1 aliphatic carbocycles. The van der Waals surface area contributed by atoms with Crippen molar-refractivity contribution >= 4 is 5.97 Å². The molecule has 0 saturated heterocycles. The van der Waals surface area contributed by atoms with E-state index in [4.69, 9.17) is 4.74 Å². The third-order valence-electron chi connectivity index (χ3n) is 7.51. The molecule has 4 nitrogen and oxygen atoms in total. The van der Waals surface area contributed by atoms with Crippen LogP contribution in [-0.4, -0.2) is 17.1 Å². The number of carbonyl (C=O) groups is 1. The van der Waals surface area contributed by atoms with E-state index in [1.165, 1.54) is 70.6 Å². The highest BCUT2D eigenvalue weighted by atomic mass is 16.5. The van der Waals surface area contributed by atoms with Crippen LogP contribution >= 0.6 is 0 Å². The third-order valence-corrected chi connectivity index (χ3v) is 7.51. The lowest BCUT2D eigenvalue weighted by Gasteiger charge is -2.34.